The summed E-state index contributed by atoms with van der Waals surface area (Å²) >= 11 is 0. The van der Waals surface area contributed by atoms with Crippen molar-refractivity contribution in [3.05, 3.63) is 0 Å². The molecule has 0 saturated carbocycles. The number of amides is 2. The molecule has 6 heteroatoms. The fourth-order valence-corrected chi connectivity index (χ4v) is 1.22. The van der Waals surface area contributed by atoms with Crippen LogP contribution in [0, 0.1) is 0 Å². The summed E-state index contributed by atoms with van der Waals surface area (Å²) < 4.78 is 0. The monoisotopic (exact) mass is 231 g/mol. The number of nitrogens with two attached hydrogens (primary N) is 1. The fraction of sp³-hybridized carbons (Fsp3) is 0.800. The summed E-state index contributed by atoms with van der Waals surface area (Å²) in [5, 5.41) is 14.8. The van der Waals surface area contributed by atoms with E-state index in [0.29, 0.717) is 6.42 Å². The molecule has 0 aliphatic heterocycles. The predicted octanol–water partition coefficient (Wildman–Crippen LogP) is -1.27. The van der Waals surface area contributed by atoms with Gasteiger partial charge in [0.2, 0.25) is 5.91 Å². The third-order valence-electron chi connectivity index (χ3n) is 2.05. The van der Waals surface area contributed by atoms with E-state index in [0.717, 1.165) is 0 Å². The summed E-state index contributed by atoms with van der Waals surface area (Å²) in [6, 6.07) is -0.653. The molecule has 16 heavy (non-hydrogen) atoms. The Morgan fingerprint density at radius 3 is 2.25 bits per heavy atom. The molecule has 0 saturated heterocycles. The summed E-state index contributed by atoms with van der Waals surface area (Å²) in [6.07, 6.45) is -0.791. The van der Waals surface area contributed by atoms with Gasteiger partial charge in [-0.1, -0.05) is 6.92 Å². The Morgan fingerprint density at radius 2 is 1.88 bits per heavy atom. The lowest BCUT2D eigenvalue weighted by atomic mass is 10.1. The molecular formula is C10H21N3O3. The van der Waals surface area contributed by atoms with Crippen molar-refractivity contribution in [2.24, 2.45) is 5.73 Å². The second-order valence-electron chi connectivity index (χ2n) is 3.89. The summed E-state index contributed by atoms with van der Waals surface area (Å²) in [4.78, 5) is 22.5. The molecule has 2 atom stereocenters. The SMILES string of the molecule is CCC(NC(=O)CN)C(O)C(=O)NC(C)C. The maximum absolute atomic E-state index is 11.5. The third-order valence-corrected chi connectivity index (χ3v) is 2.05. The van der Waals surface area contributed by atoms with E-state index < -0.39 is 18.1 Å². The Labute approximate surface area is 95.6 Å². The molecule has 94 valence electrons. The number of carbonyl (C=O) groups excluding carboxylic acids is 2. The first-order chi connectivity index (χ1) is 7.42. The Bertz CT molecular complexity index is 243. The number of carbonyl (C=O) groups is 2. The lowest BCUT2D eigenvalue weighted by molar-refractivity contribution is -0.132. The van der Waals surface area contributed by atoms with Crippen molar-refractivity contribution in [2.75, 3.05) is 6.54 Å². The highest BCUT2D eigenvalue weighted by Crippen LogP contribution is 2.00. The highest BCUT2D eigenvalue weighted by molar-refractivity contribution is 5.83. The van der Waals surface area contributed by atoms with E-state index >= 15 is 0 Å². The van der Waals surface area contributed by atoms with E-state index in [1.54, 1.807) is 20.8 Å². The number of nitrogens with one attached hydrogen (secondary N) is 2. The highest BCUT2D eigenvalue weighted by Gasteiger charge is 2.25. The predicted molar refractivity (Wildman–Crippen MR) is 60.6 cm³/mol. The van der Waals surface area contributed by atoms with Gasteiger partial charge in [-0.2, -0.15) is 0 Å². The normalized spacial score (nSPS) is 14.4. The van der Waals surface area contributed by atoms with Crippen LogP contribution in [0.4, 0.5) is 0 Å². The number of aliphatic hydroxyl groups is 1. The quantitative estimate of drug-likeness (QED) is 0.457. The Hall–Kier alpha value is -1.14. The van der Waals surface area contributed by atoms with Crippen LogP contribution in [-0.2, 0) is 9.59 Å². The highest BCUT2D eigenvalue weighted by atomic mass is 16.3. The molecule has 0 aliphatic carbocycles. The van der Waals surface area contributed by atoms with Crippen molar-refractivity contribution in [1.29, 1.82) is 0 Å². The summed E-state index contributed by atoms with van der Waals surface area (Å²) in [5.41, 5.74) is 5.14. The minimum absolute atomic E-state index is 0.0510. The molecular weight excluding hydrogens is 210 g/mol. The van der Waals surface area contributed by atoms with Gasteiger partial charge in [0.05, 0.1) is 12.6 Å². The van der Waals surface area contributed by atoms with Gasteiger partial charge in [0, 0.05) is 6.04 Å². The molecule has 0 aromatic rings. The minimum Gasteiger partial charge on any atom is -0.381 e. The van der Waals surface area contributed by atoms with Crippen LogP contribution in [0.1, 0.15) is 27.2 Å². The molecule has 5 N–H and O–H groups in total. The van der Waals surface area contributed by atoms with Crippen molar-refractivity contribution in [3.8, 4) is 0 Å². The average molecular weight is 231 g/mol. The van der Waals surface area contributed by atoms with Crippen LogP contribution in [-0.4, -0.2) is 41.7 Å². The topological polar surface area (TPSA) is 104 Å². The van der Waals surface area contributed by atoms with E-state index in [2.05, 4.69) is 10.6 Å². The molecule has 0 bridgehead atoms. The lowest BCUT2D eigenvalue weighted by Crippen LogP contribution is -2.52. The molecule has 0 rings (SSSR count). The van der Waals surface area contributed by atoms with Crippen molar-refractivity contribution >= 4 is 11.8 Å². The zero-order chi connectivity index (χ0) is 12.7. The smallest absolute Gasteiger partial charge is 0.251 e. The van der Waals surface area contributed by atoms with Crippen molar-refractivity contribution in [3.63, 3.8) is 0 Å². The second-order valence-corrected chi connectivity index (χ2v) is 3.89. The largest absolute Gasteiger partial charge is 0.381 e. The minimum atomic E-state index is -1.25. The molecule has 0 radical (unpaired) electrons. The number of hydrogen-bond acceptors (Lipinski definition) is 4. The molecule has 0 aromatic heterocycles. The number of hydrogen-bond donors (Lipinski definition) is 4. The van der Waals surface area contributed by atoms with Gasteiger partial charge in [-0.05, 0) is 20.3 Å². The second kappa shape index (κ2) is 7.19. The molecule has 6 nitrogen and oxygen atoms in total. The fourth-order valence-electron chi connectivity index (χ4n) is 1.22. The van der Waals surface area contributed by atoms with Crippen LogP contribution in [0.2, 0.25) is 0 Å². The Balaban J connectivity index is 4.34. The van der Waals surface area contributed by atoms with E-state index in [4.69, 9.17) is 5.73 Å². The van der Waals surface area contributed by atoms with Gasteiger partial charge in [-0.15, -0.1) is 0 Å². The maximum Gasteiger partial charge on any atom is 0.251 e. The standard InChI is InChI=1S/C10H21N3O3/c1-4-7(13-8(14)5-11)9(15)10(16)12-6(2)3/h6-7,9,15H,4-5,11H2,1-3H3,(H,12,16)(H,13,14). The molecule has 2 unspecified atom stereocenters. The van der Waals surface area contributed by atoms with Gasteiger partial charge in [-0.25, -0.2) is 0 Å². The molecule has 0 spiro atoms. The van der Waals surface area contributed by atoms with E-state index in [1.165, 1.54) is 0 Å². The van der Waals surface area contributed by atoms with Gasteiger partial charge in [0.25, 0.3) is 5.91 Å². The molecule has 0 fully saturated rings. The Morgan fingerprint density at radius 1 is 1.31 bits per heavy atom. The van der Waals surface area contributed by atoms with Crippen LogP contribution in [0.3, 0.4) is 0 Å². The first kappa shape index (κ1) is 14.9. The van der Waals surface area contributed by atoms with E-state index in [-0.39, 0.29) is 18.5 Å². The van der Waals surface area contributed by atoms with Gasteiger partial charge < -0.3 is 21.5 Å². The van der Waals surface area contributed by atoms with Crippen molar-refractivity contribution < 1.29 is 14.7 Å². The third kappa shape index (κ3) is 5.09. The molecule has 0 aromatic carbocycles. The zero-order valence-corrected chi connectivity index (χ0v) is 9.99. The van der Waals surface area contributed by atoms with Crippen LogP contribution in [0.5, 0.6) is 0 Å². The van der Waals surface area contributed by atoms with Crippen LogP contribution in [0.25, 0.3) is 0 Å². The number of rotatable bonds is 6. The summed E-state index contributed by atoms with van der Waals surface area (Å²) in [6.45, 7) is 5.20. The first-order valence-electron chi connectivity index (χ1n) is 5.40. The maximum atomic E-state index is 11.5. The zero-order valence-electron chi connectivity index (χ0n) is 9.99. The summed E-state index contributed by atoms with van der Waals surface area (Å²) in [5.74, 6) is -0.873. The van der Waals surface area contributed by atoms with Gasteiger partial charge >= 0.3 is 0 Å². The van der Waals surface area contributed by atoms with Crippen molar-refractivity contribution in [2.45, 2.75) is 45.4 Å². The van der Waals surface area contributed by atoms with Gasteiger partial charge in [0.15, 0.2) is 6.10 Å². The lowest BCUT2D eigenvalue weighted by Gasteiger charge is -2.22. The van der Waals surface area contributed by atoms with Crippen molar-refractivity contribution in [1.82, 2.24) is 10.6 Å². The van der Waals surface area contributed by atoms with E-state index in [9.17, 15) is 14.7 Å². The molecule has 2 amide bonds. The number of aliphatic hydroxyl groups excluding tert-OH is 1. The molecule has 0 heterocycles. The Kier molecular flexibility index (Phi) is 6.67. The van der Waals surface area contributed by atoms with Crippen LogP contribution in [0.15, 0.2) is 0 Å². The van der Waals surface area contributed by atoms with Crippen LogP contribution < -0.4 is 16.4 Å². The van der Waals surface area contributed by atoms with E-state index in [1.807, 2.05) is 0 Å². The van der Waals surface area contributed by atoms with Gasteiger partial charge in [0.1, 0.15) is 0 Å². The van der Waals surface area contributed by atoms with Gasteiger partial charge in [-0.3, -0.25) is 9.59 Å². The average Bonchev–Trinajstić information content (AvgIpc) is 2.23. The van der Waals surface area contributed by atoms with Crippen LogP contribution >= 0.6 is 0 Å². The molecule has 0 aliphatic rings. The first-order valence-corrected chi connectivity index (χ1v) is 5.40. The summed E-state index contributed by atoms with van der Waals surface area (Å²) in [7, 11) is 0.